The van der Waals surface area contributed by atoms with Crippen LogP contribution in [0.15, 0.2) is 46.1 Å². The van der Waals surface area contributed by atoms with Crippen LogP contribution in [0.5, 0.6) is 0 Å². The van der Waals surface area contributed by atoms with Gasteiger partial charge in [-0.2, -0.15) is 0 Å². The molecule has 30 heavy (non-hydrogen) atoms. The van der Waals surface area contributed by atoms with Crippen LogP contribution in [0.4, 0.5) is 10.8 Å². The van der Waals surface area contributed by atoms with Gasteiger partial charge in [0.1, 0.15) is 0 Å². The summed E-state index contributed by atoms with van der Waals surface area (Å²) in [5.74, 6) is 0.122. The van der Waals surface area contributed by atoms with E-state index in [-0.39, 0.29) is 17.6 Å². The van der Waals surface area contributed by atoms with Gasteiger partial charge in [0, 0.05) is 10.6 Å². The number of benzene rings is 1. The summed E-state index contributed by atoms with van der Waals surface area (Å²) in [5.41, 5.74) is 1.41. The number of aromatic nitrogens is 2. The molecule has 1 aliphatic carbocycles. The molecule has 2 N–H and O–H groups in total. The molecule has 2 aromatic heterocycles. The topological polar surface area (TPSA) is 84.0 Å². The van der Waals surface area contributed by atoms with Gasteiger partial charge < -0.3 is 5.32 Å². The summed E-state index contributed by atoms with van der Waals surface area (Å²) in [7, 11) is 0. The molecule has 1 aromatic carbocycles. The number of thioether (sulfide) groups is 1. The number of hydrogen-bond donors (Lipinski definition) is 2. The molecule has 156 valence electrons. The normalized spacial score (nSPS) is 15.1. The average Bonchev–Trinajstić information content (AvgIpc) is 3.48. The number of rotatable bonds is 7. The van der Waals surface area contributed by atoms with Crippen molar-refractivity contribution in [2.45, 2.75) is 42.4 Å². The predicted octanol–water partition coefficient (Wildman–Crippen LogP) is 5.09. The number of thiophene rings is 1. The Hall–Kier alpha value is -2.23. The Bertz CT molecular complexity index is 1030. The van der Waals surface area contributed by atoms with E-state index in [4.69, 9.17) is 0 Å². The first-order valence-corrected chi connectivity index (χ1v) is 12.4. The van der Waals surface area contributed by atoms with Crippen molar-refractivity contribution in [1.29, 1.82) is 0 Å². The molecule has 0 saturated heterocycles. The summed E-state index contributed by atoms with van der Waals surface area (Å²) in [4.78, 5) is 26.4. The summed E-state index contributed by atoms with van der Waals surface area (Å²) >= 11 is 4.25. The summed E-state index contributed by atoms with van der Waals surface area (Å²) < 4.78 is 0.654. The predicted molar refractivity (Wildman–Crippen MR) is 124 cm³/mol. The van der Waals surface area contributed by atoms with E-state index in [1.807, 2.05) is 48.7 Å². The molecule has 3 aromatic rings. The minimum Gasteiger partial charge on any atom is -0.325 e. The van der Waals surface area contributed by atoms with E-state index < -0.39 is 5.41 Å². The first kappa shape index (κ1) is 21.0. The van der Waals surface area contributed by atoms with Gasteiger partial charge >= 0.3 is 0 Å². The van der Waals surface area contributed by atoms with Crippen LogP contribution in [-0.2, 0) is 15.0 Å². The second-order valence-corrected chi connectivity index (χ2v) is 10.4. The fourth-order valence-electron chi connectivity index (χ4n) is 3.70. The van der Waals surface area contributed by atoms with Crippen molar-refractivity contribution in [2.24, 2.45) is 0 Å². The Morgan fingerprint density at radius 3 is 2.70 bits per heavy atom. The molecule has 2 heterocycles. The highest BCUT2D eigenvalue weighted by molar-refractivity contribution is 8.01. The van der Waals surface area contributed by atoms with Crippen LogP contribution in [0.2, 0.25) is 0 Å². The van der Waals surface area contributed by atoms with Crippen molar-refractivity contribution in [3.05, 3.63) is 52.2 Å². The van der Waals surface area contributed by atoms with Gasteiger partial charge in [-0.1, -0.05) is 54.1 Å². The molecule has 0 atom stereocenters. The molecule has 1 aliphatic rings. The van der Waals surface area contributed by atoms with Crippen molar-refractivity contribution in [2.75, 3.05) is 16.4 Å². The van der Waals surface area contributed by atoms with Crippen LogP contribution in [0.3, 0.4) is 0 Å². The molecular formula is C21H22N4O2S3. The lowest BCUT2D eigenvalue weighted by Gasteiger charge is -2.25. The maximum absolute atomic E-state index is 13.1. The van der Waals surface area contributed by atoms with Gasteiger partial charge in [0.15, 0.2) is 4.34 Å². The smallest absolute Gasteiger partial charge is 0.237 e. The summed E-state index contributed by atoms with van der Waals surface area (Å²) in [6.45, 7) is 1.98. The molecule has 2 amide bonds. The van der Waals surface area contributed by atoms with Gasteiger partial charge in [0.25, 0.3) is 0 Å². The van der Waals surface area contributed by atoms with E-state index in [0.29, 0.717) is 9.47 Å². The summed E-state index contributed by atoms with van der Waals surface area (Å²) in [5, 5.41) is 16.6. The van der Waals surface area contributed by atoms with E-state index in [0.717, 1.165) is 41.8 Å². The SMILES string of the molecule is Cc1cccc(NC(=O)CSc2nnc(NC(=O)C3(c4cccs4)CCCC3)s2)c1. The highest BCUT2D eigenvalue weighted by Gasteiger charge is 2.43. The van der Waals surface area contributed by atoms with Crippen molar-refractivity contribution in [1.82, 2.24) is 10.2 Å². The largest absolute Gasteiger partial charge is 0.325 e. The third kappa shape index (κ3) is 4.74. The quantitative estimate of drug-likeness (QED) is 0.381. The number of nitrogens with zero attached hydrogens (tertiary/aromatic N) is 2. The van der Waals surface area contributed by atoms with E-state index in [9.17, 15) is 9.59 Å². The van der Waals surface area contributed by atoms with Crippen molar-refractivity contribution in [3.8, 4) is 0 Å². The fourth-order valence-corrected chi connectivity index (χ4v) is 6.23. The van der Waals surface area contributed by atoms with E-state index in [1.165, 1.54) is 23.1 Å². The zero-order chi connectivity index (χ0) is 21.0. The Morgan fingerprint density at radius 2 is 1.97 bits per heavy atom. The van der Waals surface area contributed by atoms with Crippen LogP contribution < -0.4 is 10.6 Å². The second-order valence-electron chi connectivity index (χ2n) is 7.30. The van der Waals surface area contributed by atoms with Gasteiger partial charge in [0.05, 0.1) is 11.2 Å². The number of aryl methyl sites for hydroxylation is 1. The Labute approximate surface area is 187 Å². The highest BCUT2D eigenvalue weighted by atomic mass is 32.2. The highest BCUT2D eigenvalue weighted by Crippen LogP contribution is 2.44. The first-order valence-electron chi connectivity index (χ1n) is 9.73. The van der Waals surface area contributed by atoms with Crippen molar-refractivity contribution >= 4 is 57.1 Å². The molecule has 9 heteroatoms. The van der Waals surface area contributed by atoms with E-state index in [2.05, 4.69) is 20.8 Å². The zero-order valence-corrected chi connectivity index (χ0v) is 19.0. The minimum atomic E-state index is -0.457. The molecule has 4 rings (SSSR count). The number of hydrogen-bond acceptors (Lipinski definition) is 7. The van der Waals surface area contributed by atoms with Gasteiger partial charge in [-0.05, 0) is 48.9 Å². The van der Waals surface area contributed by atoms with E-state index >= 15 is 0 Å². The van der Waals surface area contributed by atoms with Crippen LogP contribution in [0.1, 0.15) is 36.1 Å². The summed E-state index contributed by atoms with van der Waals surface area (Å²) in [6.07, 6.45) is 3.83. The number of amides is 2. The van der Waals surface area contributed by atoms with Gasteiger partial charge in [0.2, 0.25) is 16.9 Å². The fraction of sp³-hybridized carbons (Fsp3) is 0.333. The second kappa shape index (κ2) is 9.28. The molecule has 6 nitrogen and oxygen atoms in total. The maximum atomic E-state index is 13.1. The molecule has 1 fully saturated rings. The third-order valence-electron chi connectivity index (χ3n) is 5.14. The summed E-state index contributed by atoms with van der Waals surface area (Å²) in [6, 6.07) is 11.7. The van der Waals surface area contributed by atoms with Crippen molar-refractivity contribution in [3.63, 3.8) is 0 Å². The lowest BCUT2D eigenvalue weighted by molar-refractivity contribution is -0.121. The molecule has 1 saturated carbocycles. The van der Waals surface area contributed by atoms with Gasteiger partial charge in [-0.15, -0.1) is 21.5 Å². The monoisotopic (exact) mass is 458 g/mol. The first-order chi connectivity index (χ1) is 14.5. The molecular weight excluding hydrogens is 436 g/mol. The van der Waals surface area contributed by atoms with Crippen LogP contribution in [-0.4, -0.2) is 27.8 Å². The Balaban J connectivity index is 1.34. The van der Waals surface area contributed by atoms with E-state index in [1.54, 1.807) is 11.3 Å². The molecule has 0 bridgehead atoms. The Morgan fingerprint density at radius 1 is 1.13 bits per heavy atom. The Kier molecular flexibility index (Phi) is 6.50. The molecule has 0 radical (unpaired) electrons. The number of carbonyl (C=O) groups is 2. The van der Waals surface area contributed by atoms with Gasteiger partial charge in [-0.3, -0.25) is 14.9 Å². The number of carbonyl (C=O) groups excluding carboxylic acids is 2. The number of anilines is 2. The molecule has 0 unspecified atom stereocenters. The number of nitrogens with one attached hydrogen (secondary N) is 2. The van der Waals surface area contributed by atoms with Crippen LogP contribution in [0.25, 0.3) is 0 Å². The third-order valence-corrected chi connectivity index (χ3v) is 8.19. The average molecular weight is 459 g/mol. The lowest BCUT2D eigenvalue weighted by Crippen LogP contribution is -2.37. The van der Waals surface area contributed by atoms with Gasteiger partial charge in [-0.25, -0.2) is 0 Å². The molecule has 0 aliphatic heterocycles. The minimum absolute atomic E-state index is 0.00709. The van der Waals surface area contributed by atoms with Crippen LogP contribution >= 0.6 is 34.4 Å². The standard InChI is InChI=1S/C21H22N4O2S3/c1-14-6-4-7-15(12-14)22-17(26)13-29-20-25-24-19(30-20)23-18(27)21(9-2-3-10-21)16-8-5-11-28-16/h4-8,11-12H,2-3,9-10,13H2,1H3,(H,22,26)(H,23,24,27). The van der Waals surface area contributed by atoms with Crippen molar-refractivity contribution < 1.29 is 9.59 Å². The van der Waals surface area contributed by atoms with Crippen LogP contribution in [0, 0.1) is 6.92 Å². The molecule has 0 spiro atoms. The lowest BCUT2D eigenvalue weighted by atomic mass is 9.83. The maximum Gasteiger partial charge on any atom is 0.237 e. The zero-order valence-electron chi connectivity index (χ0n) is 16.5.